The summed E-state index contributed by atoms with van der Waals surface area (Å²) in [6.07, 6.45) is -0.227. The molecule has 0 unspecified atom stereocenters. The molecule has 158 valence electrons. The first-order chi connectivity index (χ1) is 14.1. The van der Waals surface area contributed by atoms with Crippen LogP contribution in [0.15, 0.2) is 30.4 Å². The third kappa shape index (κ3) is 2.65. The minimum absolute atomic E-state index is 0.0499. The first-order valence-corrected chi connectivity index (χ1v) is 10.2. The fourth-order valence-corrected chi connectivity index (χ4v) is 5.76. The number of anilines is 1. The molecular formula is C21H18ClF3N2O3. The zero-order valence-corrected chi connectivity index (χ0v) is 16.7. The van der Waals surface area contributed by atoms with Gasteiger partial charge in [0.15, 0.2) is 0 Å². The van der Waals surface area contributed by atoms with Crippen molar-refractivity contribution in [1.82, 2.24) is 4.90 Å². The molecule has 2 bridgehead atoms. The molecule has 1 saturated heterocycles. The number of carbonyl (C=O) groups excluding carboxylic acids is 3. The lowest BCUT2D eigenvalue weighted by atomic mass is 9.63. The Bertz CT molecular complexity index is 972. The van der Waals surface area contributed by atoms with Crippen LogP contribution in [0.5, 0.6) is 0 Å². The van der Waals surface area contributed by atoms with Crippen molar-refractivity contribution >= 4 is 35.0 Å². The van der Waals surface area contributed by atoms with Gasteiger partial charge in [0.2, 0.25) is 11.8 Å². The number of amides is 3. The van der Waals surface area contributed by atoms with Crippen molar-refractivity contribution in [1.29, 1.82) is 0 Å². The van der Waals surface area contributed by atoms with E-state index in [-0.39, 0.29) is 28.1 Å². The zero-order valence-electron chi connectivity index (χ0n) is 15.9. The first kappa shape index (κ1) is 19.6. The first-order valence-electron chi connectivity index (χ1n) is 9.78. The van der Waals surface area contributed by atoms with Gasteiger partial charge in [-0.3, -0.25) is 24.2 Å². The molecule has 0 N–H and O–H groups in total. The van der Waals surface area contributed by atoms with E-state index in [2.05, 4.69) is 0 Å². The van der Waals surface area contributed by atoms with Crippen LogP contribution in [0.2, 0.25) is 5.02 Å². The van der Waals surface area contributed by atoms with Gasteiger partial charge in [0.25, 0.3) is 0 Å². The van der Waals surface area contributed by atoms with Crippen LogP contribution in [-0.4, -0.2) is 35.5 Å². The summed E-state index contributed by atoms with van der Waals surface area (Å²) in [5.74, 6) is -3.56. The fourth-order valence-electron chi connectivity index (χ4n) is 5.59. The summed E-state index contributed by atoms with van der Waals surface area (Å²) in [6, 6.07) is 4.24. The lowest BCUT2D eigenvalue weighted by molar-refractivity contribution is -0.171. The minimum atomic E-state index is -5.17. The molecule has 9 heteroatoms. The summed E-state index contributed by atoms with van der Waals surface area (Å²) in [7, 11) is 0. The van der Waals surface area contributed by atoms with Crippen LogP contribution in [0.3, 0.4) is 0 Å². The van der Waals surface area contributed by atoms with Crippen molar-refractivity contribution in [2.75, 3.05) is 11.6 Å². The maximum atomic E-state index is 13.3. The third-order valence-corrected chi connectivity index (χ3v) is 7.46. The van der Waals surface area contributed by atoms with Crippen LogP contribution in [0.4, 0.5) is 18.9 Å². The second-order valence-corrected chi connectivity index (χ2v) is 8.92. The van der Waals surface area contributed by atoms with Gasteiger partial charge in [-0.15, -0.1) is 0 Å². The molecule has 2 saturated carbocycles. The van der Waals surface area contributed by atoms with Crippen LogP contribution in [0.1, 0.15) is 12.0 Å². The number of benzene rings is 1. The molecule has 0 radical (unpaired) electrons. The highest BCUT2D eigenvalue weighted by Crippen LogP contribution is 2.65. The molecule has 1 aliphatic heterocycles. The Morgan fingerprint density at radius 3 is 2.23 bits per heavy atom. The molecule has 5 nitrogen and oxygen atoms in total. The summed E-state index contributed by atoms with van der Waals surface area (Å²) in [5.41, 5.74) is 0.181. The Morgan fingerprint density at radius 1 is 1.13 bits per heavy atom. The number of rotatable bonds is 3. The van der Waals surface area contributed by atoms with Gasteiger partial charge < -0.3 is 0 Å². The molecular weight excluding hydrogens is 421 g/mol. The van der Waals surface area contributed by atoms with Gasteiger partial charge in [0, 0.05) is 5.02 Å². The van der Waals surface area contributed by atoms with Crippen molar-refractivity contribution in [2.24, 2.45) is 35.5 Å². The number of hydrogen-bond acceptors (Lipinski definition) is 3. The number of halogens is 4. The molecule has 0 spiro atoms. The predicted octanol–water partition coefficient (Wildman–Crippen LogP) is 3.55. The molecule has 1 aromatic rings. The SMILES string of the molecule is Cc1c(Cl)cccc1N(CN1C(=O)[C@@H]2[C@@H]3C=C[C@H]([C@H]4C[C@@H]34)[C@@H]2C1=O)C(=O)C(F)(F)F. The average Bonchev–Trinajstić information content (AvgIpc) is 3.47. The van der Waals surface area contributed by atoms with E-state index in [1.165, 1.54) is 25.1 Å². The molecule has 30 heavy (non-hydrogen) atoms. The van der Waals surface area contributed by atoms with Crippen molar-refractivity contribution < 1.29 is 27.6 Å². The molecule has 4 aliphatic carbocycles. The van der Waals surface area contributed by atoms with Gasteiger partial charge in [-0.1, -0.05) is 29.8 Å². The summed E-state index contributed by atoms with van der Waals surface area (Å²) in [5, 5.41) is 0.183. The Hall–Kier alpha value is -2.35. The van der Waals surface area contributed by atoms with Crippen molar-refractivity contribution in [3.05, 3.63) is 40.9 Å². The quantitative estimate of drug-likeness (QED) is 0.535. The highest BCUT2D eigenvalue weighted by atomic mass is 35.5. The van der Waals surface area contributed by atoms with Gasteiger partial charge in [0.05, 0.1) is 17.5 Å². The number of allylic oxidation sites excluding steroid dienone is 2. The predicted molar refractivity (Wildman–Crippen MR) is 101 cm³/mol. The maximum Gasteiger partial charge on any atom is 0.471 e. The van der Waals surface area contributed by atoms with Crippen LogP contribution < -0.4 is 4.90 Å². The molecule has 1 heterocycles. The smallest absolute Gasteiger partial charge is 0.285 e. The third-order valence-electron chi connectivity index (χ3n) is 7.05. The second kappa shape index (κ2) is 6.33. The maximum absolute atomic E-state index is 13.3. The summed E-state index contributed by atoms with van der Waals surface area (Å²) >= 11 is 6.04. The van der Waals surface area contributed by atoms with Gasteiger partial charge in [-0.2, -0.15) is 13.2 Å². The van der Waals surface area contributed by atoms with E-state index < -0.39 is 42.4 Å². The lowest BCUT2D eigenvalue weighted by Crippen LogP contribution is -2.49. The lowest BCUT2D eigenvalue weighted by Gasteiger charge is -2.37. The van der Waals surface area contributed by atoms with E-state index in [1.807, 2.05) is 12.2 Å². The summed E-state index contributed by atoms with van der Waals surface area (Å²) in [6.45, 7) is 0.707. The highest BCUT2D eigenvalue weighted by molar-refractivity contribution is 6.31. The van der Waals surface area contributed by atoms with Crippen LogP contribution in [0, 0.1) is 42.4 Å². The van der Waals surface area contributed by atoms with Crippen LogP contribution >= 0.6 is 11.6 Å². The van der Waals surface area contributed by atoms with E-state index in [9.17, 15) is 27.6 Å². The molecule has 3 fully saturated rings. The monoisotopic (exact) mass is 438 g/mol. The van der Waals surface area contributed by atoms with Gasteiger partial charge in [-0.25, -0.2) is 0 Å². The second-order valence-electron chi connectivity index (χ2n) is 8.52. The van der Waals surface area contributed by atoms with Gasteiger partial charge >= 0.3 is 12.1 Å². The fraction of sp³-hybridized carbons (Fsp3) is 0.476. The van der Waals surface area contributed by atoms with Crippen molar-refractivity contribution in [2.45, 2.75) is 19.5 Å². The number of alkyl halides is 3. The molecule has 1 aromatic carbocycles. The van der Waals surface area contributed by atoms with Crippen LogP contribution in [0.25, 0.3) is 0 Å². The molecule has 5 aliphatic rings. The van der Waals surface area contributed by atoms with E-state index in [0.29, 0.717) is 16.7 Å². The number of imide groups is 1. The minimum Gasteiger partial charge on any atom is -0.285 e. The number of nitrogens with zero attached hydrogens (tertiary/aromatic N) is 2. The Balaban J connectivity index is 1.50. The normalized spacial score (nSPS) is 33.6. The number of hydrogen-bond donors (Lipinski definition) is 0. The molecule has 6 atom stereocenters. The standard InChI is InChI=1S/C21H18ClF3N2O3/c1-9-14(22)3-2-4-15(9)26(20(30)21(23,24)25)8-27-18(28)16-10-5-6-11(13-7-12(10)13)17(16)19(27)29/h2-6,10-13,16-17H,7-8H2,1H3/t10-,11-,12-,13+,16+,17-/m1/s1. The van der Waals surface area contributed by atoms with Crippen molar-refractivity contribution in [3.63, 3.8) is 0 Å². The van der Waals surface area contributed by atoms with E-state index >= 15 is 0 Å². The number of carbonyl (C=O) groups is 3. The zero-order chi connectivity index (χ0) is 21.5. The molecule has 6 rings (SSSR count). The largest absolute Gasteiger partial charge is 0.471 e. The molecule has 3 amide bonds. The Morgan fingerprint density at radius 2 is 1.70 bits per heavy atom. The van der Waals surface area contributed by atoms with E-state index in [4.69, 9.17) is 11.6 Å². The summed E-state index contributed by atoms with van der Waals surface area (Å²) in [4.78, 5) is 39.7. The van der Waals surface area contributed by atoms with Gasteiger partial charge in [0.1, 0.15) is 6.67 Å². The Kier molecular flexibility index (Phi) is 4.13. The summed E-state index contributed by atoms with van der Waals surface area (Å²) < 4.78 is 40.0. The average molecular weight is 439 g/mol. The Labute approximate surface area is 175 Å². The van der Waals surface area contributed by atoms with Crippen LogP contribution in [-0.2, 0) is 14.4 Å². The topological polar surface area (TPSA) is 57.7 Å². The molecule has 0 aromatic heterocycles. The number of likely N-dealkylation sites (tertiary alicyclic amines) is 1. The van der Waals surface area contributed by atoms with Crippen molar-refractivity contribution in [3.8, 4) is 0 Å². The van der Waals surface area contributed by atoms with E-state index in [0.717, 1.165) is 11.3 Å². The van der Waals surface area contributed by atoms with E-state index in [1.54, 1.807) is 0 Å². The highest BCUT2D eigenvalue weighted by Gasteiger charge is 2.67. The van der Waals surface area contributed by atoms with Gasteiger partial charge in [-0.05, 0) is 54.7 Å².